The number of aliphatic carboxylic acids is 1. The van der Waals surface area contributed by atoms with Crippen LogP contribution in [0.15, 0.2) is 0 Å². The molecule has 0 fully saturated rings. The fourth-order valence-corrected chi connectivity index (χ4v) is 3.55. The summed E-state index contributed by atoms with van der Waals surface area (Å²) in [4.78, 5) is 23.8. The normalized spacial score (nSPS) is 14.0. The van der Waals surface area contributed by atoms with Crippen LogP contribution in [0.3, 0.4) is 0 Å². The van der Waals surface area contributed by atoms with Gasteiger partial charge in [-0.05, 0) is 6.42 Å². The van der Waals surface area contributed by atoms with Gasteiger partial charge in [-0.15, -0.1) is 0 Å². The Labute approximate surface area is 178 Å². The second kappa shape index (κ2) is 16.2. The van der Waals surface area contributed by atoms with Crippen molar-refractivity contribution >= 4 is 23.4 Å². The van der Waals surface area contributed by atoms with Crippen LogP contribution in [0.25, 0.3) is 0 Å². The maximum Gasteiger partial charge on any atom is 0.314 e. The first-order valence-corrected chi connectivity index (χ1v) is 11.8. The molecule has 4 nitrogen and oxygen atoms in total. The van der Waals surface area contributed by atoms with Crippen LogP contribution < -0.4 is 0 Å². The van der Waals surface area contributed by atoms with Crippen molar-refractivity contribution in [3.05, 3.63) is 0 Å². The molecule has 0 aliphatic carbocycles. The van der Waals surface area contributed by atoms with Crippen LogP contribution >= 0.6 is 11.6 Å². The van der Waals surface area contributed by atoms with Crippen molar-refractivity contribution in [3.8, 4) is 0 Å². The van der Waals surface area contributed by atoms with E-state index in [4.69, 9.17) is 11.6 Å². The Morgan fingerprint density at radius 1 is 0.786 bits per heavy atom. The molecule has 0 aromatic carbocycles. The van der Waals surface area contributed by atoms with E-state index < -0.39 is 11.9 Å². The Bertz CT molecular complexity index is 421. The molecule has 0 bridgehead atoms. The van der Waals surface area contributed by atoms with Crippen molar-refractivity contribution in [2.24, 2.45) is 5.92 Å². The number of hydrogen-bond acceptors (Lipinski definition) is 2. The topological polar surface area (TPSA) is 54.4 Å². The predicted octanol–water partition coefficient (Wildman–Crippen LogP) is 6.40. The molecule has 0 aliphatic heterocycles. The SMILES string of the molecule is CCCCCCCCCCCCCCCC(=O)[C@H](C[C@@H](Cl)[N+](C)(C)C)C(=O)O. The van der Waals surface area contributed by atoms with Gasteiger partial charge in [0, 0.05) is 12.8 Å². The van der Waals surface area contributed by atoms with Crippen LogP contribution in [0.4, 0.5) is 0 Å². The lowest BCUT2D eigenvalue weighted by molar-refractivity contribution is -0.883. The first kappa shape index (κ1) is 27.4. The molecule has 0 spiro atoms. The summed E-state index contributed by atoms with van der Waals surface area (Å²) in [5.41, 5.74) is -0.378. The summed E-state index contributed by atoms with van der Waals surface area (Å²) in [6, 6.07) is 0. The molecule has 0 aromatic rings. The number of nitrogens with zero attached hydrogens (tertiary/aromatic N) is 1. The highest BCUT2D eigenvalue weighted by atomic mass is 35.5. The Hall–Kier alpha value is -0.610. The molecule has 0 rings (SSSR count). The van der Waals surface area contributed by atoms with Gasteiger partial charge in [0.2, 0.25) is 0 Å². The van der Waals surface area contributed by atoms with Gasteiger partial charge in [-0.1, -0.05) is 95.6 Å². The van der Waals surface area contributed by atoms with Crippen LogP contribution in [0.2, 0.25) is 0 Å². The summed E-state index contributed by atoms with van der Waals surface area (Å²) in [5, 5.41) is 9.38. The molecule has 166 valence electrons. The van der Waals surface area contributed by atoms with Gasteiger partial charge in [-0.3, -0.25) is 9.59 Å². The van der Waals surface area contributed by atoms with Crippen molar-refractivity contribution < 1.29 is 19.2 Å². The van der Waals surface area contributed by atoms with Gasteiger partial charge in [0.05, 0.1) is 21.1 Å². The number of carboxylic acids is 1. The van der Waals surface area contributed by atoms with Crippen molar-refractivity contribution in [2.75, 3.05) is 21.1 Å². The molecule has 0 radical (unpaired) electrons. The number of quaternary nitrogens is 1. The van der Waals surface area contributed by atoms with Crippen LogP contribution in [0.5, 0.6) is 0 Å². The highest BCUT2D eigenvalue weighted by Crippen LogP contribution is 2.21. The monoisotopic (exact) mass is 418 g/mol. The highest BCUT2D eigenvalue weighted by Gasteiger charge is 2.33. The van der Waals surface area contributed by atoms with E-state index in [0.717, 1.165) is 19.3 Å². The summed E-state index contributed by atoms with van der Waals surface area (Å²) < 4.78 is 0.442. The summed E-state index contributed by atoms with van der Waals surface area (Å²) >= 11 is 6.28. The zero-order chi connectivity index (χ0) is 21.4. The fourth-order valence-electron chi connectivity index (χ4n) is 3.37. The number of Topliss-reactive ketones (excluding diaryl/α,β-unsaturated/α-hetero) is 1. The lowest BCUT2D eigenvalue weighted by Crippen LogP contribution is -2.44. The number of alkyl halides is 1. The molecule has 0 heterocycles. The van der Waals surface area contributed by atoms with E-state index in [2.05, 4.69) is 6.92 Å². The standard InChI is InChI=1S/C23H44ClNO3/c1-5-6-7-8-9-10-11-12-13-14-15-16-17-18-21(26)20(23(27)28)19-22(24)25(2,3)4/h20,22H,5-19H2,1-4H3/p+1/t20-,22-/m0/s1. The van der Waals surface area contributed by atoms with Crippen LogP contribution in [-0.2, 0) is 9.59 Å². The second-order valence-corrected chi connectivity index (χ2v) is 9.64. The van der Waals surface area contributed by atoms with Crippen molar-refractivity contribution in [1.29, 1.82) is 0 Å². The van der Waals surface area contributed by atoms with Crippen molar-refractivity contribution in [2.45, 2.75) is 109 Å². The molecule has 5 heteroatoms. The van der Waals surface area contributed by atoms with Crippen molar-refractivity contribution in [3.63, 3.8) is 0 Å². The zero-order valence-corrected chi connectivity index (χ0v) is 19.6. The molecule has 0 saturated carbocycles. The molecule has 0 unspecified atom stereocenters. The van der Waals surface area contributed by atoms with Gasteiger partial charge in [-0.2, -0.15) is 0 Å². The smallest absolute Gasteiger partial charge is 0.314 e. The molecule has 0 aromatic heterocycles. The molecule has 2 atom stereocenters. The minimum Gasteiger partial charge on any atom is -0.481 e. The third kappa shape index (κ3) is 14.4. The Morgan fingerprint density at radius 2 is 1.18 bits per heavy atom. The minimum atomic E-state index is -1.04. The third-order valence-electron chi connectivity index (χ3n) is 5.48. The van der Waals surface area contributed by atoms with Gasteiger partial charge in [0.15, 0.2) is 5.50 Å². The maximum atomic E-state index is 12.3. The average molecular weight is 419 g/mol. The number of hydrogen-bond donors (Lipinski definition) is 1. The van der Waals surface area contributed by atoms with Crippen LogP contribution in [-0.4, -0.2) is 48.0 Å². The van der Waals surface area contributed by atoms with E-state index in [1.807, 2.05) is 21.1 Å². The molecular weight excluding hydrogens is 374 g/mol. The van der Waals surface area contributed by atoms with Gasteiger partial charge in [-0.25, -0.2) is 0 Å². The van der Waals surface area contributed by atoms with Crippen molar-refractivity contribution in [1.82, 2.24) is 0 Å². The van der Waals surface area contributed by atoms with E-state index in [9.17, 15) is 14.7 Å². The maximum absolute atomic E-state index is 12.3. The first-order valence-electron chi connectivity index (χ1n) is 11.4. The van der Waals surface area contributed by atoms with E-state index in [1.54, 1.807) is 0 Å². The third-order valence-corrected chi connectivity index (χ3v) is 6.25. The van der Waals surface area contributed by atoms with Crippen LogP contribution in [0.1, 0.15) is 103 Å². The molecular formula is C23H45ClNO3+. The lowest BCUT2D eigenvalue weighted by atomic mass is 9.95. The van der Waals surface area contributed by atoms with Gasteiger partial charge in [0.1, 0.15) is 11.7 Å². The zero-order valence-electron chi connectivity index (χ0n) is 18.9. The number of rotatable bonds is 19. The number of unbranched alkanes of at least 4 members (excludes halogenated alkanes) is 12. The number of carbonyl (C=O) groups excluding carboxylic acids is 1. The van der Waals surface area contributed by atoms with E-state index >= 15 is 0 Å². The molecule has 0 amide bonds. The number of carbonyl (C=O) groups is 2. The second-order valence-electron chi connectivity index (χ2n) is 9.14. The summed E-state index contributed by atoms with van der Waals surface area (Å²) in [6.45, 7) is 2.25. The molecule has 0 saturated heterocycles. The summed E-state index contributed by atoms with van der Waals surface area (Å²) in [6.07, 6.45) is 16.8. The van der Waals surface area contributed by atoms with E-state index in [-0.39, 0.29) is 17.7 Å². The summed E-state index contributed by atoms with van der Waals surface area (Å²) in [5.74, 6) is -2.19. The lowest BCUT2D eigenvalue weighted by Gasteiger charge is -2.30. The molecule has 28 heavy (non-hydrogen) atoms. The van der Waals surface area contributed by atoms with Gasteiger partial charge in [0.25, 0.3) is 0 Å². The quantitative estimate of drug-likeness (QED) is 0.0867. The average Bonchev–Trinajstić information content (AvgIpc) is 2.62. The van der Waals surface area contributed by atoms with E-state index in [1.165, 1.54) is 64.2 Å². The number of carboxylic acid groups (broad SMARTS) is 1. The Balaban J connectivity index is 3.75. The number of ketones is 1. The van der Waals surface area contributed by atoms with Crippen LogP contribution in [0, 0.1) is 5.92 Å². The Morgan fingerprint density at radius 3 is 1.54 bits per heavy atom. The highest BCUT2D eigenvalue weighted by molar-refractivity contribution is 6.20. The van der Waals surface area contributed by atoms with Gasteiger partial charge < -0.3 is 9.59 Å². The van der Waals surface area contributed by atoms with Gasteiger partial charge >= 0.3 is 5.97 Å². The minimum absolute atomic E-state index is 0.172. The van der Waals surface area contributed by atoms with E-state index in [0.29, 0.717) is 10.9 Å². The number of halogens is 1. The molecule has 1 N–H and O–H groups in total. The largest absolute Gasteiger partial charge is 0.481 e. The fraction of sp³-hybridized carbons (Fsp3) is 0.913. The first-order chi connectivity index (χ1) is 13.2. The Kier molecular flexibility index (Phi) is 15.9. The predicted molar refractivity (Wildman–Crippen MR) is 119 cm³/mol. The molecule has 0 aliphatic rings. The summed E-state index contributed by atoms with van der Waals surface area (Å²) in [7, 11) is 5.73.